The first-order valence-electron chi connectivity index (χ1n) is 12.0. The Morgan fingerprint density at radius 3 is 2.74 bits per heavy atom. The van der Waals surface area contributed by atoms with E-state index in [4.69, 9.17) is 4.74 Å². The Kier molecular flexibility index (Phi) is 7.84. The number of quaternary nitrogens is 1. The number of nitrogens with zero attached hydrogens (tertiary/aromatic N) is 2. The number of hydrogen-bond acceptors (Lipinski definition) is 2. The fourth-order valence-corrected chi connectivity index (χ4v) is 6.30. The van der Waals surface area contributed by atoms with E-state index < -0.39 is 11.6 Å². The van der Waals surface area contributed by atoms with E-state index in [0.717, 1.165) is 48.5 Å². The number of para-hydroxylation sites is 1. The summed E-state index contributed by atoms with van der Waals surface area (Å²) in [7, 11) is 0. The van der Waals surface area contributed by atoms with Crippen molar-refractivity contribution in [3.63, 3.8) is 0 Å². The minimum atomic E-state index is -0.547. The lowest BCUT2D eigenvalue weighted by Gasteiger charge is -2.58. The van der Waals surface area contributed by atoms with Gasteiger partial charge in [-0.2, -0.15) is 0 Å². The van der Waals surface area contributed by atoms with Gasteiger partial charge in [-0.3, -0.25) is 4.98 Å². The average molecular weight is 541 g/mol. The van der Waals surface area contributed by atoms with Crippen LogP contribution in [0.1, 0.15) is 30.1 Å². The third-order valence-corrected chi connectivity index (χ3v) is 7.91. The zero-order valence-corrected chi connectivity index (χ0v) is 21.3. The average Bonchev–Trinajstić information content (AvgIpc) is 2.86. The van der Waals surface area contributed by atoms with Crippen molar-refractivity contribution in [1.82, 2.24) is 4.98 Å². The Hall–Kier alpha value is -2.41. The van der Waals surface area contributed by atoms with E-state index in [1.165, 1.54) is 6.07 Å². The summed E-state index contributed by atoms with van der Waals surface area (Å²) in [6, 6.07) is 14.3. The predicted octanol–water partition coefficient (Wildman–Crippen LogP) is 3.37. The first-order chi connectivity index (χ1) is 16.5. The minimum Gasteiger partial charge on any atom is -1.00 e. The summed E-state index contributed by atoms with van der Waals surface area (Å²) in [4.78, 5) is 4.55. The summed E-state index contributed by atoms with van der Waals surface area (Å²) in [5.74, 6) is -0.118. The summed E-state index contributed by atoms with van der Waals surface area (Å²) < 4.78 is 35.7. The Balaban J connectivity index is 0.00000289. The van der Waals surface area contributed by atoms with Gasteiger partial charge in [0.25, 0.3) is 0 Å². The van der Waals surface area contributed by atoms with Gasteiger partial charge >= 0.3 is 0 Å². The molecule has 3 aliphatic heterocycles. The largest absolute Gasteiger partial charge is 1.00 e. The molecule has 6 rings (SSSR count). The molecular weight excluding hydrogens is 510 g/mol. The summed E-state index contributed by atoms with van der Waals surface area (Å²) >= 11 is 0. The molecule has 1 aromatic heterocycles. The highest BCUT2D eigenvalue weighted by atomic mass is 79.9. The molecule has 2 bridgehead atoms. The highest BCUT2D eigenvalue weighted by molar-refractivity contribution is 5.82. The fraction of sp³-hybridized carbons (Fsp3) is 0.345. The third kappa shape index (κ3) is 4.84. The molecule has 3 nitrogen and oxygen atoms in total. The third-order valence-electron chi connectivity index (χ3n) is 7.91. The number of pyridine rings is 1. The quantitative estimate of drug-likeness (QED) is 0.323. The van der Waals surface area contributed by atoms with E-state index in [1.807, 2.05) is 24.4 Å². The lowest BCUT2D eigenvalue weighted by Crippen LogP contribution is -3.00. The zero-order valence-electron chi connectivity index (χ0n) is 19.8. The number of halogens is 3. The van der Waals surface area contributed by atoms with Gasteiger partial charge in [-0.25, -0.2) is 8.78 Å². The van der Waals surface area contributed by atoms with E-state index in [1.54, 1.807) is 12.1 Å². The van der Waals surface area contributed by atoms with Crippen LogP contribution >= 0.6 is 0 Å². The normalized spacial score (nSPS) is 26.2. The van der Waals surface area contributed by atoms with E-state index in [0.29, 0.717) is 35.0 Å². The minimum absolute atomic E-state index is 0. The molecule has 0 aliphatic carbocycles. The van der Waals surface area contributed by atoms with Crippen LogP contribution in [0.3, 0.4) is 0 Å². The van der Waals surface area contributed by atoms with Gasteiger partial charge in [0.15, 0.2) is 0 Å². The standard InChI is InChI=1S/C29H31F2N2O.BrH/c1-3-15-34-29(25-11-13-32-27-8-6-5-7-24(25)27)28-16-21-12-14-33(28,18-20(21)4-2)19-22-9-10-23(30)17-26(22)31;/h3-11,13,17,20-21,28-29H,1-2,12,14-16,18-19H2;1H/q+1;/p-1/t20?,21?,28?,29-,33?;/m1./s1. The summed E-state index contributed by atoms with van der Waals surface area (Å²) in [5.41, 5.74) is 2.59. The van der Waals surface area contributed by atoms with Crippen molar-refractivity contribution in [2.24, 2.45) is 11.8 Å². The number of fused-ring (bicyclic) bond motifs is 4. The summed E-state index contributed by atoms with van der Waals surface area (Å²) in [6.07, 6.45) is 7.54. The lowest BCUT2D eigenvalue weighted by molar-refractivity contribution is -0.985. The molecule has 6 heteroatoms. The van der Waals surface area contributed by atoms with Crippen molar-refractivity contribution < 1.29 is 35.0 Å². The van der Waals surface area contributed by atoms with Crippen molar-refractivity contribution >= 4 is 10.9 Å². The van der Waals surface area contributed by atoms with Gasteiger partial charge in [-0.15, -0.1) is 13.2 Å². The Morgan fingerprint density at radius 1 is 1.14 bits per heavy atom. The molecular formula is C29H31BrF2N2O. The first kappa shape index (κ1) is 25.7. The van der Waals surface area contributed by atoms with E-state index in [2.05, 4.69) is 36.4 Å². The van der Waals surface area contributed by atoms with Crippen LogP contribution in [0, 0.1) is 23.5 Å². The molecule has 0 spiro atoms. The van der Waals surface area contributed by atoms with Crippen LogP contribution in [-0.4, -0.2) is 35.2 Å². The molecule has 3 fully saturated rings. The Labute approximate surface area is 216 Å². The smallest absolute Gasteiger partial charge is 0.135 e. The molecule has 0 amide bonds. The molecule has 0 radical (unpaired) electrons. The second kappa shape index (κ2) is 10.7. The van der Waals surface area contributed by atoms with Crippen molar-refractivity contribution in [3.05, 3.63) is 103 Å². The number of aromatic nitrogens is 1. The van der Waals surface area contributed by atoms with E-state index in [9.17, 15) is 8.78 Å². The number of piperidine rings is 3. The Bertz CT molecular complexity index is 1210. The van der Waals surface area contributed by atoms with Crippen LogP contribution in [0.25, 0.3) is 10.9 Å². The number of benzene rings is 2. The van der Waals surface area contributed by atoms with Crippen molar-refractivity contribution in [1.29, 1.82) is 0 Å². The van der Waals surface area contributed by atoms with Gasteiger partial charge in [0.05, 0.1) is 25.2 Å². The molecule has 3 aromatic rings. The molecule has 4 unspecified atom stereocenters. The molecule has 0 saturated carbocycles. The van der Waals surface area contributed by atoms with Crippen LogP contribution in [0.5, 0.6) is 0 Å². The second-order valence-electron chi connectivity index (χ2n) is 9.73. The molecule has 35 heavy (non-hydrogen) atoms. The van der Waals surface area contributed by atoms with Gasteiger partial charge in [-0.1, -0.05) is 30.4 Å². The maximum atomic E-state index is 14.8. The van der Waals surface area contributed by atoms with Crippen molar-refractivity contribution in [2.45, 2.75) is 31.5 Å². The fourth-order valence-electron chi connectivity index (χ4n) is 6.30. The zero-order chi connectivity index (χ0) is 23.7. The summed E-state index contributed by atoms with van der Waals surface area (Å²) in [5, 5.41) is 1.08. The predicted molar refractivity (Wildman–Crippen MR) is 131 cm³/mol. The van der Waals surface area contributed by atoms with Gasteiger partial charge in [0, 0.05) is 42.0 Å². The van der Waals surface area contributed by atoms with Crippen LogP contribution in [-0.2, 0) is 11.3 Å². The topological polar surface area (TPSA) is 22.1 Å². The monoisotopic (exact) mass is 540 g/mol. The second-order valence-corrected chi connectivity index (χ2v) is 9.73. The Morgan fingerprint density at radius 2 is 1.97 bits per heavy atom. The molecule has 0 N–H and O–H groups in total. The van der Waals surface area contributed by atoms with E-state index in [-0.39, 0.29) is 29.1 Å². The molecule has 4 heterocycles. The van der Waals surface area contributed by atoms with Gasteiger partial charge in [0.1, 0.15) is 30.3 Å². The highest BCUT2D eigenvalue weighted by Crippen LogP contribution is 2.49. The molecule has 3 aliphatic rings. The van der Waals surface area contributed by atoms with Crippen LogP contribution in [0.15, 0.2) is 80.0 Å². The number of hydrogen-bond donors (Lipinski definition) is 0. The first-order valence-corrected chi connectivity index (χ1v) is 12.0. The SMILES string of the molecule is C=CCO[C@H](c1ccnc2ccccc12)C1CC2CC[N+]1(Cc1ccc(F)cc1F)CC2C=C.[Br-]. The van der Waals surface area contributed by atoms with Crippen LogP contribution in [0.4, 0.5) is 8.78 Å². The van der Waals surface area contributed by atoms with Crippen LogP contribution < -0.4 is 17.0 Å². The maximum Gasteiger partial charge on any atom is 0.135 e. The van der Waals surface area contributed by atoms with Crippen molar-refractivity contribution in [2.75, 3.05) is 19.7 Å². The molecule has 3 saturated heterocycles. The molecule has 5 atom stereocenters. The van der Waals surface area contributed by atoms with Gasteiger partial charge < -0.3 is 26.2 Å². The van der Waals surface area contributed by atoms with Crippen LogP contribution in [0.2, 0.25) is 0 Å². The highest BCUT2D eigenvalue weighted by Gasteiger charge is 2.54. The van der Waals surface area contributed by atoms with Gasteiger partial charge in [0.2, 0.25) is 0 Å². The molecule has 2 aromatic carbocycles. The lowest BCUT2D eigenvalue weighted by atomic mass is 9.71. The maximum absolute atomic E-state index is 14.8. The van der Waals surface area contributed by atoms with Gasteiger partial charge in [-0.05, 0) is 35.7 Å². The summed E-state index contributed by atoms with van der Waals surface area (Å²) in [6.45, 7) is 10.7. The van der Waals surface area contributed by atoms with Crippen molar-refractivity contribution in [3.8, 4) is 0 Å². The van der Waals surface area contributed by atoms with E-state index >= 15 is 0 Å². The molecule has 184 valence electrons. The number of ether oxygens (including phenoxy) is 1. The number of rotatable bonds is 8.